The Morgan fingerprint density at radius 2 is 1.88 bits per heavy atom. The molecule has 2 heterocycles. The van der Waals surface area contributed by atoms with E-state index in [4.69, 9.17) is 5.11 Å². The Morgan fingerprint density at radius 3 is 2.50 bits per heavy atom. The second kappa shape index (κ2) is 7.51. The van der Waals surface area contributed by atoms with Crippen molar-refractivity contribution in [3.05, 3.63) is 53.6 Å². The van der Waals surface area contributed by atoms with Crippen molar-refractivity contribution < 1.29 is 18.3 Å². The average molecular weight is 375 g/mol. The summed E-state index contributed by atoms with van der Waals surface area (Å²) in [6.45, 7) is 2.57. The van der Waals surface area contributed by atoms with Crippen LogP contribution in [0.1, 0.15) is 35.7 Å². The Morgan fingerprint density at radius 1 is 1.23 bits per heavy atom. The van der Waals surface area contributed by atoms with Crippen LogP contribution in [0.2, 0.25) is 0 Å². The lowest BCUT2D eigenvalue weighted by molar-refractivity contribution is -0.136. The number of aromatic nitrogens is 2. The molecule has 1 aliphatic rings. The summed E-state index contributed by atoms with van der Waals surface area (Å²) in [4.78, 5) is 19.7. The number of carboxylic acids is 1. The number of hydrogen-bond donors (Lipinski definition) is 1. The zero-order chi connectivity index (χ0) is 18.7. The maximum atomic E-state index is 12.9. The third kappa shape index (κ3) is 3.91. The molecule has 1 fully saturated rings. The van der Waals surface area contributed by atoms with Crippen molar-refractivity contribution in [1.29, 1.82) is 0 Å². The lowest BCUT2D eigenvalue weighted by Gasteiger charge is -2.30. The summed E-state index contributed by atoms with van der Waals surface area (Å²) in [6.07, 6.45) is 4.53. The summed E-state index contributed by atoms with van der Waals surface area (Å²) in [7, 11) is -3.64. The third-order valence-corrected chi connectivity index (χ3v) is 6.60. The molecule has 7 nitrogen and oxygen atoms in total. The van der Waals surface area contributed by atoms with Crippen LogP contribution in [-0.4, -0.2) is 46.9 Å². The van der Waals surface area contributed by atoms with Gasteiger partial charge < -0.3 is 5.11 Å². The summed E-state index contributed by atoms with van der Waals surface area (Å²) < 4.78 is 27.3. The maximum Gasteiger partial charge on any atom is 0.307 e. The highest BCUT2D eigenvalue weighted by molar-refractivity contribution is 7.89. The summed E-state index contributed by atoms with van der Waals surface area (Å²) in [6, 6.07) is 6.44. The average Bonchev–Trinajstić information content (AvgIpc) is 2.64. The highest BCUT2D eigenvalue weighted by atomic mass is 32.2. The van der Waals surface area contributed by atoms with Gasteiger partial charge in [-0.3, -0.25) is 4.79 Å². The first-order valence-electron chi connectivity index (χ1n) is 8.46. The largest absolute Gasteiger partial charge is 0.481 e. The van der Waals surface area contributed by atoms with E-state index in [1.54, 1.807) is 37.5 Å². The molecule has 1 saturated heterocycles. The molecule has 0 radical (unpaired) electrons. The van der Waals surface area contributed by atoms with Gasteiger partial charge in [-0.15, -0.1) is 0 Å². The molecule has 0 unspecified atom stereocenters. The molecule has 0 spiro atoms. The van der Waals surface area contributed by atoms with Crippen LogP contribution in [0.5, 0.6) is 0 Å². The number of piperidine rings is 1. The van der Waals surface area contributed by atoms with E-state index in [2.05, 4.69) is 9.97 Å². The van der Waals surface area contributed by atoms with Crippen LogP contribution in [-0.2, 0) is 21.2 Å². The number of rotatable bonds is 5. The fourth-order valence-electron chi connectivity index (χ4n) is 3.19. The fraction of sp³-hybridized carbons (Fsp3) is 0.389. The number of aliphatic carboxylic acids is 1. The number of nitrogens with zero attached hydrogens (tertiary/aromatic N) is 3. The fourth-order valence-corrected chi connectivity index (χ4v) is 4.71. The normalized spacial score (nSPS) is 16.5. The van der Waals surface area contributed by atoms with Gasteiger partial charge in [0, 0.05) is 31.4 Å². The number of sulfonamides is 1. The van der Waals surface area contributed by atoms with Crippen molar-refractivity contribution in [3.8, 4) is 0 Å². The monoisotopic (exact) mass is 375 g/mol. The number of carbonyl (C=O) groups is 1. The van der Waals surface area contributed by atoms with Gasteiger partial charge in [0.15, 0.2) is 0 Å². The van der Waals surface area contributed by atoms with E-state index in [1.165, 1.54) is 10.4 Å². The molecule has 1 aliphatic heterocycles. The molecular formula is C18H21N3O4S. The van der Waals surface area contributed by atoms with E-state index in [-0.39, 0.29) is 17.2 Å². The zero-order valence-corrected chi connectivity index (χ0v) is 15.3. The summed E-state index contributed by atoms with van der Waals surface area (Å²) in [5.74, 6) is -0.0711. The van der Waals surface area contributed by atoms with E-state index in [0.29, 0.717) is 31.5 Å². The molecule has 0 aliphatic carbocycles. The Labute approximate surface area is 152 Å². The quantitative estimate of drug-likeness (QED) is 0.858. The Balaban J connectivity index is 1.76. The molecule has 2 aromatic rings. The minimum absolute atomic E-state index is 0.147. The lowest BCUT2D eigenvalue weighted by atomic mass is 9.97. The standard InChI is InChI=1S/C18H21N3O4S/c1-13-3-4-16(11-15(13)12-17(22)23)26(24,25)21-9-5-14(6-10-21)18-19-7-2-8-20-18/h2-4,7-8,11,14H,5-6,9-10,12H2,1H3,(H,22,23). The topological polar surface area (TPSA) is 100 Å². The predicted molar refractivity (Wildman–Crippen MR) is 95.3 cm³/mol. The maximum absolute atomic E-state index is 12.9. The molecule has 1 aromatic heterocycles. The van der Waals surface area contributed by atoms with Gasteiger partial charge in [0.2, 0.25) is 10.0 Å². The molecular weight excluding hydrogens is 354 g/mol. The van der Waals surface area contributed by atoms with E-state index in [1.807, 2.05) is 0 Å². The van der Waals surface area contributed by atoms with Crippen LogP contribution in [0.15, 0.2) is 41.6 Å². The second-order valence-corrected chi connectivity index (χ2v) is 8.38. The summed E-state index contributed by atoms with van der Waals surface area (Å²) in [5, 5.41) is 9.00. The highest BCUT2D eigenvalue weighted by Crippen LogP contribution is 2.29. The predicted octanol–water partition coefficient (Wildman–Crippen LogP) is 1.98. The molecule has 26 heavy (non-hydrogen) atoms. The van der Waals surface area contributed by atoms with Crippen LogP contribution < -0.4 is 0 Å². The van der Waals surface area contributed by atoms with Gasteiger partial charge in [-0.25, -0.2) is 18.4 Å². The van der Waals surface area contributed by atoms with Gasteiger partial charge in [-0.2, -0.15) is 4.31 Å². The van der Waals surface area contributed by atoms with Crippen molar-refractivity contribution in [3.63, 3.8) is 0 Å². The Bertz CT molecular complexity index is 892. The van der Waals surface area contributed by atoms with Crippen molar-refractivity contribution >= 4 is 16.0 Å². The van der Waals surface area contributed by atoms with Gasteiger partial charge in [-0.05, 0) is 49.1 Å². The first kappa shape index (κ1) is 18.5. The Hall–Kier alpha value is -2.32. The van der Waals surface area contributed by atoms with Gasteiger partial charge in [-0.1, -0.05) is 6.07 Å². The highest BCUT2D eigenvalue weighted by Gasteiger charge is 2.31. The lowest BCUT2D eigenvalue weighted by Crippen LogP contribution is -2.38. The van der Waals surface area contributed by atoms with Crippen LogP contribution in [0.4, 0.5) is 0 Å². The molecule has 3 rings (SSSR count). The van der Waals surface area contributed by atoms with Gasteiger partial charge in [0.1, 0.15) is 5.82 Å². The molecule has 138 valence electrons. The molecule has 1 N–H and O–H groups in total. The van der Waals surface area contributed by atoms with Crippen molar-refractivity contribution in [2.45, 2.75) is 37.0 Å². The van der Waals surface area contributed by atoms with Crippen LogP contribution in [0, 0.1) is 6.92 Å². The minimum atomic E-state index is -3.64. The minimum Gasteiger partial charge on any atom is -0.481 e. The van der Waals surface area contributed by atoms with E-state index < -0.39 is 16.0 Å². The zero-order valence-electron chi connectivity index (χ0n) is 14.5. The van der Waals surface area contributed by atoms with Gasteiger partial charge in [0.05, 0.1) is 11.3 Å². The molecule has 1 aromatic carbocycles. The summed E-state index contributed by atoms with van der Waals surface area (Å²) in [5.41, 5.74) is 1.29. The van der Waals surface area contributed by atoms with Crippen molar-refractivity contribution in [1.82, 2.24) is 14.3 Å². The molecule has 0 amide bonds. The molecule has 0 bridgehead atoms. The second-order valence-electron chi connectivity index (χ2n) is 6.44. The third-order valence-electron chi connectivity index (χ3n) is 4.70. The SMILES string of the molecule is Cc1ccc(S(=O)(=O)N2CCC(c3ncccn3)CC2)cc1CC(=O)O. The number of hydrogen-bond acceptors (Lipinski definition) is 5. The molecule has 8 heteroatoms. The van der Waals surface area contributed by atoms with E-state index in [0.717, 1.165) is 11.4 Å². The number of carboxylic acid groups (broad SMARTS) is 1. The Kier molecular flexibility index (Phi) is 5.33. The molecule has 0 saturated carbocycles. The first-order chi connectivity index (χ1) is 12.4. The van der Waals surface area contributed by atoms with Gasteiger partial charge in [0.25, 0.3) is 0 Å². The number of benzene rings is 1. The van der Waals surface area contributed by atoms with Gasteiger partial charge >= 0.3 is 5.97 Å². The first-order valence-corrected chi connectivity index (χ1v) is 9.90. The number of aryl methyl sites for hydroxylation is 1. The molecule has 0 atom stereocenters. The van der Waals surface area contributed by atoms with Crippen LogP contribution in [0.25, 0.3) is 0 Å². The van der Waals surface area contributed by atoms with Crippen LogP contribution >= 0.6 is 0 Å². The smallest absolute Gasteiger partial charge is 0.307 e. The van der Waals surface area contributed by atoms with E-state index in [9.17, 15) is 13.2 Å². The van der Waals surface area contributed by atoms with Crippen LogP contribution in [0.3, 0.4) is 0 Å². The van der Waals surface area contributed by atoms with Crippen molar-refractivity contribution in [2.24, 2.45) is 0 Å². The summed E-state index contributed by atoms with van der Waals surface area (Å²) >= 11 is 0. The van der Waals surface area contributed by atoms with E-state index >= 15 is 0 Å². The van der Waals surface area contributed by atoms with Crippen molar-refractivity contribution in [2.75, 3.05) is 13.1 Å².